The van der Waals surface area contributed by atoms with Crippen molar-refractivity contribution in [1.82, 2.24) is 0 Å². The third-order valence-electron chi connectivity index (χ3n) is 3.41. The summed E-state index contributed by atoms with van der Waals surface area (Å²) in [6.07, 6.45) is -1.48. The maximum absolute atomic E-state index is 11.8. The van der Waals surface area contributed by atoms with E-state index in [0.29, 0.717) is 11.1 Å². The summed E-state index contributed by atoms with van der Waals surface area (Å²) in [6.45, 7) is 2.75. The van der Waals surface area contributed by atoms with E-state index in [2.05, 4.69) is 9.47 Å². The van der Waals surface area contributed by atoms with Gasteiger partial charge >= 0.3 is 18.1 Å². The Hall–Kier alpha value is -3.61. The number of carbonyl (C=O) groups excluding carboxylic acids is 5. The lowest BCUT2D eigenvalue weighted by molar-refractivity contribution is 0.0337. The molecule has 26 heavy (non-hydrogen) atoms. The lowest BCUT2D eigenvalue weighted by atomic mass is 10.1. The lowest BCUT2D eigenvalue weighted by Crippen LogP contribution is -2.18. The first kappa shape index (κ1) is 18.7. The molecule has 0 heterocycles. The van der Waals surface area contributed by atoms with Crippen LogP contribution >= 0.6 is 0 Å². The van der Waals surface area contributed by atoms with Crippen molar-refractivity contribution in [3.63, 3.8) is 0 Å². The number of esters is 2. The topological polar surface area (TPSA) is 104 Å². The third kappa shape index (κ3) is 4.70. The van der Waals surface area contributed by atoms with Crippen LogP contribution in [0, 0.1) is 0 Å². The van der Waals surface area contributed by atoms with Gasteiger partial charge in [-0.3, -0.25) is 9.59 Å². The van der Waals surface area contributed by atoms with Gasteiger partial charge in [0.2, 0.25) is 0 Å². The van der Waals surface area contributed by atoms with Gasteiger partial charge in [0.1, 0.15) is 0 Å². The van der Waals surface area contributed by atoms with Crippen molar-refractivity contribution in [2.24, 2.45) is 0 Å². The van der Waals surface area contributed by atoms with Crippen LogP contribution in [-0.4, -0.2) is 29.7 Å². The average molecular weight is 354 g/mol. The van der Waals surface area contributed by atoms with Crippen LogP contribution in [0.1, 0.15) is 55.3 Å². The molecule has 0 amide bonds. The van der Waals surface area contributed by atoms with Gasteiger partial charge in [0.25, 0.3) is 0 Å². The molecular formula is C19H14O7. The molecule has 0 bridgehead atoms. The maximum Gasteiger partial charge on any atom is 0.524 e. The molecule has 0 saturated heterocycles. The van der Waals surface area contributed by atoms with Crippen molar-refractivity contribution in [2.45, 2.75) is 13.8 Å². The normalized spacial score (nSPS) is 9.92. The SMILES string of the molecule is CC(=O)c1ccc(C(=O)OC(=O)OC(=O)c2ccc(C(C)=O)cc2)cc1. The zero-order valence-electron chi connectivity index (χ0n) is 14.0. The van der Waals surface area contributed by atoms with Gasteiger partial charge in [0.05, 0.1) is 11.1 Å². The molecule has 0 saturated carbocycles. The Labute approximate surface area is 148 Å². The van der Waals surface area contributed by atoms with Crippen LogP contribution < -0.4 is 0 Å². The van der Waals surface area contributed by atoms with Crippen LogP contribution in [0.5, 0.6) is 0 Å². The smallest absolute Gasteiger partial charge is 0.356 e. The first-order valence-corrected chi connectivity index (χ1v) is 7.48. The Balaban J connectivity index is 1.96. The van der Waals surface area contributed by atoms with Crippen molar-refractivity contribution in [3.8, 4) is 0 Å². The Morgan fingerprint density at radius 1 is 0.538 bits per heavy atom. The van der Waals surface area contributed by atoms with Crippen molar-refractivity contribution < 1.29 is 33.4 Å². The van der Waals surface area contributed by atoms with Crippen molar-refractivity contribution in [2.75, 3.05) is 0 Å². The van der Waals surface area contributed by atoms with Crippen molar-refractivity contribution in [3.05, 3.63) is 70.8 Å². The van der Waals surface area contributed by atoms with Gasteiger partial charge in [-0.1, -0.05) is 24.3 Å². The zero-order valence-corrected chi connectivity index (χ0v) is 14.0. The number of Topliss-reactive ketones (excluding diaryl/α,β-unsaturated/α-hetero) is 2. The van der Waals surface area contributed by atoms with E-state index >= 15 is 0 Å². The van der Waals surface area contributed by atoms with Gasteiger partial charge in [-0.2, -0.15) is 0 Å². The van der Waals surface area contributed by atoms with Crippen LogP contribution in [0.15, 0.2) is 48.5 Å². The fraction of sp³-hybridized carbons (Fsp3) is 0.105. The minimum Gasteiger partial charge on any atom is -0.356 e. The van der Waals surface area contributed by atoms with Crippen molar-refractivity contribution >= 4 is 29.7 Å². The first-order valence-electron chi connectivity index (χ1n) is 7.48. The van der Waals surface area contributed by atoms with Crippen LogP contribution in [-0.2, 0) is 9.47 Å². The summed E-state index contributed by atoms with van der Waals surface area (Å²) in [4.78, 5) is 57.5. The van der Waals surface area contributed by atoms with E-state index in [0.717, 1.165) is 0 Å². The summed E-state index contributed by atoms with van der Waals surface area (Å²) in [6, 6.07) is 10.9. The molecule has 0 fully saturated rings. The first-order chi connectivity index (χ1) is 12.3. The number of hydrogen-bond acceptors (Lipinski definition) is 7. The Kier molecular flexibility index (Phi) is 5.74. The predicted molar refractivity (Wildman–Crippen MR) is 89.1 cm³/mol. The minimum absolute atomic E-state index is 0.0187. The number of rotatable bonds is 4. The zero-order chi connectivity index (χ0) is 19.3. The summed E-state index contributed by atoms with van der Waals surface area (Å²) in [5.74, 6) is -2.40. The van der Waals surface area contributed by atoms with Gasteiger partial charge in [-0.05, 0) is 38.1 Å². The molecule has 132 valence electrons. The number of hydrogen-bond donors (Lipinski definition) is 0. The van der Waals surface area contributed by atoms with Crippen LogP contribution in [0.4, 0.5) is 4.79 Å². The number of ether oxygens (including phenoxy) is 2. The highest BCUT2D eigenvalue weighted by atomic mass is 16.8. The van der Waals surface area contributed by atoms with E-state index in [1.165, 1.54) is 62.4 Å². The summed E-state index contributed by atoms with van der Waals surface area (Å²) < 4.78 is 8.86. The van der Waals surface area contributed by atoms with E-state index in [4.69, 9.17) is 0 Å². The molecule has 0 atom stereocenters. The quantitative estimate of drug-likeness (QED) is 0.471. The Morgan fingerprint density at radius 3 is 1.08 bits per heavy atom. The lowest BCUT2D eigenvalue weighted by Gasteiger charge is -2.04. The highest BCUT2D eigenvalue weighted by Gasteiger charge is 2.19. The van der Waals surface area contributed by atoms with Gasteiger partial charge < -0.3 is 9.47 Å². The molecule has 0 N–H and O–H groups in total. The van der Waals surface area contributed by atoms with Gasteiger partial charge in [-0.15, -0.1) is 0 Å². The highest BCUT2D eigenvalue weighted by Crippen LogP contribution is 2.10. The monoisotopic (exact) mass is 354 g/mol. The molecule has 7 nitrogen and oxygen atoms in total. The molecule has 7 heteroatoms. The van der Waals surface area contributed by atoms with Crippen LogP contribution in [0.3, 0.4) is 0 Å². The van der Waals surface area contributed by atoms with E-state index < -0.39 is 18.1 Å². The largest absolute Gasteiger partial charge is 0.524 e. The average Bonchev–Trinajstić information content (AvgIpc) is 2.61. The van der Waals surface area contributed by atoms with Gasteiger partial charge in [0, 0.05) is 11.1 Å². The van der Waals surface area contributed by atoms with Gasteiger partial charge in [0.15, 0.2) is 11.6 Å². The van der Waals surface area contributed by atoms with Crippen LogP contribution in [0.2, 0.25) is 0 Å². The van der Waals surface area contributed by atoms with Crippen molar-refractivity contribution in [1.29, 1.82) is 0 Å². The molecule has 0 aliphatic carbocycles. The fourth-order valence-electron chi connectivity index (χ4n) is 1.97. The minimum atomic E-state index is -1.48. The molecule has 2 rings (SSSR count). The molecule has 0 radical (unpaired) electrons. The molecule has 2 aromatic rings. The maximum atomic E-state index is 11.8. The molecule has 0 aliphatic rings. The highest BCUT2D eigenvalue weighted by molar-refractivity contribution is 6.02. The summed E-state index contributed by atoms with van der Waals surface area (Å²) in [5.41, 5.74) is 0.831. The molecule has 0 aliphatic heterocycles. The molecule has 2 aromatic carbocycles. The number of benzene rings is 2. The molecular weight excluding hydrogens is 340 g/mol. The number of ketones is 2. The molecule has 0 unspecified atom stereocenters. The summed E-state index contributed by atoms with van der Waals surface area (Å²) in [5, 5.41) is 0. The Morgan fingerprint density at radius 2 is 0.808 bits per heavy atom. The second-order valence-electron chi connectivity index (χ2n) is 5.30. The molecule has 0 spiro atoms. The van der Waals surface area contributed by atoms with Crippen LogP contribution in [0.25, 0.3) is 0 Å². The fourth-order valence-corrected chi connectivity index (χ4v) is 1.97. The second-order valence-corrected chi connectivity index (χ2v) is 5.30. The number of carbonyl (C=O) groups is 5. The van der Waals surface area contributed by atoms with E-state index in [-0.39, 0.29) is 22.7 Å². The van der Waals surface area contributed by atoms with Gasteiger partial charge in [-0.25, -0.2) is 14.4 Å². The predicted octanol–water partition coefficient (Wildman–Crippen LogP) is 3.23. The molecule has 0 aromatic heterocycles. The second kappa shape index (κ2) is 7.98. The Bertz CT molecular complexity index is 804. The van der Waals surface area contributed by atoms with E-state index in [1.807, 2.05) is 0 Å². The van der Waals surface area contributed by atoms with E-state index in [9.17, 15) is 24.0 Å². The standard InChI is InChI=1S/C19H14O7/c1-11(20)13-3-7-15(8-4-13)17(22)25-19(24)26-18(23)16-9-5-14(6-10-16)12(2)21/h3-10H,1-2H3. The summed E-state index contributed by atoms with van der Waals surface area (Å²) >= 11 is 0. The summed E-state index contributed by atoms with van der Waals surface area (Å²) in [7, 11) is 0. The third-order valence-corrected chi connectivity index (χ3v) is 3.41. The van der Waals surface area contributed by atoms with E-state index in [1.54, 1.807) is 0 Å².